The van der Waals surface area contributed by atoms with E-state index in [2.05, 4.69) is 15.6 Å². The number of nitrogens with one attached hydrogen (secondary N) is 2. The third-order valence-corrected chi connectivity index (χ3v) is 6.49. The second-order valence-electron chi connectivity index (χ2n) is 9.30. The van der Waals surface area contributed by atoms with Gasteiger partial charge in [0.1, 0.15) is 23.5 Å². The molecule has 2 N–H and O–H groups in total. The number of amides is 3. The molecular weight excluding hydrogens is 490 g/mol. The van der Waals surface area contributed by atoms with Crippen molar-refractivity contribution in [1.29, 1.82) is 0 Å². The Hall–Kier alpha value is -4.14. The van der Waals surface area contributed by atoms with E-state index in [1.807, 2.05) is 0 Å². The first-order valence-corrected chi connectivity index (χ1v) is 12.7. The molecule has 0 saturated heterocycles. The van der Waals surface area contributed by atoms with E-state index in [1.54, 1.807) is 24.4 Å². The van der Waals surface area contributed by atoms with Gasteiger partial charge < -0.3 is 10.6 Å². The Labute approximate surface area is 220 Å². The third kappa shape index (κ3) is 7.21. The number of rotatable bonds is 10. The van der Waals surface area contributed by atoms with Crippen LogP contribution in [0.2, 0.25) is 0 Å². The fourth-order valence-electron chi connectivity index (χ4n) is 4.61. The van der Waals surface area contributed by atoms with Crippen molar-refractivity contribution in [1.82, 2.24) is 10.3 Å². The summed E-state index contributed by atoms with van der Waals surface area (Å²) in [7, 11) is 0. The summed E-state index contributed by atoms with van der Waals surface area (Å²) in [6, 6.07) is 14.7. The minimum atomic E-state index is -1.10. The Bertz CT molecular complexity index is 1230. The maximum Gasteiger partial charge on any atom is 0.248 e. The van der Waals surface area contributed by atoms with Crippen molar-refractivity contribution in [2.24, 2.45) is 0 Å². The van der Waals surface area contributed by atoms with Crippen molar-refractivity contribution in [2.45, 2.75) is 57.0 Å². The molecule has 2 aromatic carbocycles. The highest BCUT2D eigenvalue weighted by atomic mass is 19.1. The Morgan fingerprint density at radius 3 is 2.18 bits per heavy atom. The molecule has 3 amide bonds. The highest BCUT2D eigenvalue weighted by Gasteiger charge is 2.34. The van der Waals surface area contributed by atoms with Gasteiger partial charge in [0.15, 0.2) is 0 Å². The molecule has 38 heavy (non-hydrogen) atoms. The number of benzene rings is 2. The van der Waals surface area contributed by atoms with E-state index in [4.69, 9.17) is 0 Å². The summed E-state index contributed by atoms with van der Waals surface area (Å²) in [4.78, 5) is 44.9. The van der Waals surface area contributed by atoms with Crippen molar-refractivity contribution < 1.29 is 23.2 Å². The van der Waals surface area contributed by atoms with Crippen molar-refractivity contribution in [3.8, 4) is 0 Å². The number of hydrogen-bond acceptors (Lipinski definition) is 4. The largest absolute Gasteiger partial charge is 0.351 e. The van der Waals surface area contributed by atoms with E-state index in [0.29, 0.717) is 17.1 Å². The number of nitrogens with zero attached hydrogens (tertiary/aromatic N) is 2. The van der Waals surface area contributed by atoms with Crippen LogP contribution in [0.15, 0.2) is 72.9 Å². The Morgan fingerprint density at radius 1 is 0.895 bits per heavy atom. The van der Waals surface area contributed by atoms with Gasteiger partial charge >= 0.3 is 0 Å². The molecule has 0 radical (unpaired) electrons. The topological polar surface area (TPSA) is 91.4 Å². The normalized spacial score (nSPS) is 14.1. The fraction of sp³-hybridized carbons (Fsp3) is 0.310. The molecule has 1 heterocycles. The quantitative estimate of drug-likeness (QED) is 0.380. The number of pyridine rings is 1. The van der Waals surface area contributed by atoms with Crippen molar-refractivity contribution in [3.05, 3.63) is 90.1 Å². The van der Waals surface area contributed by atoms with E-state index in [0.717, 1.165) is 25.7 Å². The van der Waals surface area contributed by atoms with E-state index in [1.165, 1.54) is 53.4 Å². The van der Waals surface area contributed by atoms with Crippen LogP contribution in [-0.2, 0) is 14.4 Å². The molecule has 4 rings (SSSR count). The second-order valence-corrected chi connectivity index (χ2v) is 9.30. The molecule has 0 unspecified atom stereocenters. The van der Waals surface area contributed by atoms with Crippen LogP contribution >= 0.6 is 0 Å². The molecule has 0 spiro atoms. The zero-order chi connectivity index (χ0) is 26.9. The van der Waals surface area contributed by atoms with Gasteiger partial charge in [-0.15, -0.1) is 0 Å². The van der Waals surface area contributed by atoms with Crippen LogP contribution in [0.1, 0.15) is 56.6 Å². The summed E-state index contributed by atoms with van der Waals surface area (Å²) in [5.74, 6) is -1.65. The summed E-state index contributed by atoms with van der Waals surface area (Å²) in [6.45, 7) is 0. The van der Waals surface area contributed by atoms with Crippen LogP contribution < -0.4 is 15.5 Å². The second kappa shape index (κ2) is 12.9. The molecule has 1 aromatic heterocycles. The van der Waals surface area contributed by atoms with Crippen molar-refractivity contribution in [3.63, 3.8) is 0 Å². The lowest BCUT2D eigenvalue weighted by Gasteiger charge is -2.32. The predicted octanol–water partition coefficient (Wildman–Crippen LogP) is 5.30. The van der Waals surface area contributed by atoms with Gasteiger partial charge in [-0.2, -0.15) is 0 Å². The van der Waals surface area contributed by atoms with Crippen LogP contribution in [0, 0.1) is 11.6 Å². The average molecular weight is 521 g/mol. The Kier molecular flexibility index (Phi) is 9.13. The van der Waals surface area contributed by atoms with Crippen molar-refractivity contribution in [2.75, 3.05) is 10.2 Å². The third-order valence-electron chi connectivity index (χ3n) is 6.49. The Morgan fingerprint density at radius 2 is 1.55 bits per heavy atom. The number of carbonyl (C=O) groups is 3. The van der Waals surface area contributed by atoms with Gasteiger partial charge in [0.25, 0.3) is 0 Å². The first kappa shape index (κ1) is 26.9. The lowest BCUT2D eigenvalue weighted by molar-refractivity contribution is -0.127. The minimum Gasteiger partial charge on any atom is -0.351 e. The lowest BCUT2D eigenvalue weighted by atomic mass is 10.0. The first-order chi connectivity index (χ1) is 18.4. The molecular formula is C29H30F2N4O3. The molecule has 7 nitrogen and oxygen atoms in total. The highest BCUT2D eigenvalue weighted by Crippen LogP contribution is 2.30. The van der Waals surface area contributed by atoms with Gasteiger partial charge in [0, 0.05) is 30.8 Å². The molecule has 1 fully saturated rings. The highest BCUT2D eigenvalue weighted by molar-refractivity contribution is 6.01. The molecule has 198 valence electrons. The van der Waals surface area contributed by atoms with E-state index in [-0.39, 0.29) is 31.2 Å². The first-order valence-electron chi connectivity index (χ1n) is 12.7. The molecule has 1 saturated carbocycles. The molecule has 1 aliphatic carbocycles. The minimum absolute atomic E-state index is 0.00842. The Balaban J connectivity index is 1.56. The van der Waals surface area contributed by atoms with Gasteiger partial charge in [0.05, 0.1) is 0 Å². The number of anilines is 2. The molecule has 9 heteroatoms. The van der Waals surface area contributed by atoms with Crippen LogP contribution in [-0.4, -0.2) is 28.7 Å². The van der Waals surface area contributed by atoms with Crippen LogP contribution in [0.5, 0.6) is 0 Å². The van der Waals surface area contributed by atoms with E-state index < -0.39 is 29.5 Å². The maximum atomic E-state index is 13.7. The maximum absolute atomic E-state index is 13.7. The van der Waals surface area contributed by atoms with Gasteiger partial charge in [-0.3, -0.25) is 19.3 Å². The zero-order valence-electron chi connectivity index (χ0n) is 20.9. The standard InChI is InChI=1S/C29H30F2N4O3/c30-21-13-11-20(12-14-21)28(29(38)33-23-6-1-2-7-23)35(24-17-15-22(31)16-18-24)27(37)10-5-9-26(36)34-25-8-3-4-19-32-25/h3-4,8,11-19,23,28H,1-2,5-7,9-10H2,(H,33,38)(H,32,34,36)/t28-/m1/s1. The number of halogens is 2. The van der Waals surface area contributed by atoms with Gasteiger partial charge in [-0.1, -0.05) is 31.0 Å². The van der Waals surface area contributed by atoms with Gasteiger partial charge in [0.2, 0.25) is 17.7 Å². The molecule has 1 atom stereocenters. The summed E-state index contributed by atoms with van der Waals surface area (Å²) in [5.41, 5.74) is 0.748. The number of aromatic nitrogens is 1. The number of hydrogen-bond donors (Lipinski definition) is 2. The van der Waals surface area contributed by atoms with Gasteiger partial charge in [-0.25, -0.2) is 13.8 Å². The smallest absolute Gasteiger partial charge is 0.248 e. The molecule has 0 aliphatic heterocycles. The predicted molar refractivity (Wildman–Crippen MR) is 140 cm³/mol. The summed E-state index contributed by atoms with van der Waals surface area (Å²) in [5, 5.41) is 5.72. The average Bonchev–Trinajstić information content (AvgIpc) is 3.42. The zero-order valence-corrected chi connectivity index (χ0v) is 20.9. The SMILES string of the molecule is O=C(CCCC(=O)N(c1ccc(F)cc1)[C@@H](C(=O)NC1CCCC1)c1ccc(F)cc1)Nc1ccccn1. The van der Waals surface area contributed by atoms with Crippen LogP contribution in [0.3, 0.4) is 0 Å². The summed E-state index contributed by atoms with van der Waals surface area (Å²) >= 11 is 0. The lowest BCUT2D eigenvalue weighted by Crippen LogP contribution is -2.46. The summed E-state index contributed by atoms with van der Waals surface area (Å²) < 4.78 is 27.5. The van der Waals surface area contributed by atoms with Crippen LogP contribution in [0.25, 0.3) is 0 Å². The molecule has 3 aromatic rings. The fourth-order valence-corrected chi connectivity index (χ4v) is 4.61. The molecule has 1 aliphatic rings. The van der Waals surface area contributed by atoms with Crippen LogP contribution in [0.4, 0.5) is 20.3 Å². The van der Waals surface area contributed by atoms with E-state index in [9.17, 15) is 23.2 Å². The van der Waals surface area contributed by atoms with E-state index >= 15 is 0 Å². The van der Waals surface area contributed by atoms with Crippen molar-refractivity contribution >= 4 is 29.2 Å². The molecule has 0 bridgehead atoms. The summed E-state index contributed by atoms with van der Waals surface area (Å²) in [6.07, 6.45) is 5.51. The monoisotopic (exact) mass is 520 g/mol. The number of carbonyl (C=O) groups excluding carboxylic acids is 3. The van der Waals surface area contributed by atoms with Gasteiger partial charge in [-0.05, 0) is 73.4 Å².